The number of carboxylic acids is 1. The quantitative estimate of drug-likeness (QED) is 0.598. The van der Waals surface area contributed by atoms with Crippen LogP contribution < -0.4 is 10.6 Å². The van der Waals surface area contributed by atoms with E-state index in [-0.39, 0.29) is 12.5 Å². The molecule has 0 spiro atoms. The molecule has 0 aromatic carbocycles. The van der Waals surface area contributed by atoms with Crippen LogP contribution in [-0.2, 0) is 4.79 Å². The van der Waals surface area contributed by atoms with E-state index in [4.69, 9.17) is 5.11 Å². The lowest BCUT2D eigenvalue weighted by atomic mass is 9.74. The highest BCUT2D eigenvalue weighted by Crippen LogP contribution is 2.34. The summed E-state index contributed by atoms with van der Waals surface area (Å²) in [6.07, 6.45) is 3.60. The van der Waals surface area contributed by atoms with E-state index in [9.17, 15) is 9.59 Å². The fourth-order valence-corrected chi connectivity index (χ4v) is 2.60. The third-order valence-electron chi connectivity index (χ3n) is 3.88. The first kappa shape index (κ1) is 16.8. The number of carbonyl (C=O) groups is 2. The van der Waals surface area contributed by atoms with Gasteiger partial charge in [0.15, 0.2) is 0 Å². The van der Waals surface area contributed by atoms with Crippen molar-refractivity contribution in [2.75, 3.05) is 26.2 Å². The van der Waals surface area contributed by atoms with Gasteiger partial charge in [-0.1, -0.05) is 13.8 Å². The topological polar surface area (TPSA) is 81.7 Å². The second-order valence-electron chi connectivity index (χ2n) is 5.52. The van der Waals surface area contributed by atoms with Crippen molar-refractivity contribution in [1.29, 1.82) is 0 Å². The Hall–Kier alpha value is -1.30. The number of likely N-dealkylation sites (N-methyl/N-ethyl adjacent to an activating group) is 1. The average molecular weight is 285 g/mol. The van der Waals surface area contributed by atoms with Crippen LogP contribution >= 0.6 is 0 Å². The van der Waals surface area contributed by atoms with Gasteiger partial charge in [-0.25, -0.2) is 4.79 Å². The zero-order valence-electron chi connectivity index (χ0n) is 12.6. The fraction of sp³-hybridized carbons (Fsp3) is 0.857. The fourth-order valence-electron chi connectivity index (χ4n) is 2.60. The number of urea groups is 1. The Morgan fingerprint density at radius 1 is 1.25 bits per heavy atom. The van der Waals surface area contributed by atoms with Gasteiger partial charge in [0.25, 0.3) is 0 Å². The minimum absolute atomic E-state index is 0.0112. The van der Waals surface area contributed by atoms with Gasteiger partial charge in [0.05, 0.1) is 12.0 Å². The Bertz CT molecular complexity index is 330. The van der Waals surface area contributed by atoms with Crippen molar-refractivity contribution in [3.8, 4) is 0 Å². The molecule has 1 aliphatic rings. The lowest BCUT2D eigenvalue weighted by molar-refractivity contribution is -0.139. The van der Waals surface area contributed by atoms with Crippen molar-refractivity contribution in [2.24, 2.45) is 0 Å². The summed E-state index contributed by atoms with van der Waals surface area (Å²) in [5.74, 6) is -0.856. The smallest absolute Gasteiger partial charge is 0.315 e. The molecular formula is C14H27N3O3. The molecule has 116 valence electrons. The van der Waals surface area contributed by atoms with Gasteiger partial charge in [-0.3, -0.25) is 4.79 Å². The summed E-state index contributed by atoms with van der Waals surface area (Å²) in [6, 6.07) is -0.251. The summed E-state index contributed by atoms with van der Waals surface area (Å²) >= 11 is 0. The van der Waals surface area contributed by atoms with Crippen molar-refractivity contribution < 1.29 is 14.7 Å². The summed E-state index contributed by atoms with van der Waals surface area (Å²) in [6.45, 7) is 7.65. The number of nitrogens with one attached hydrogen (secondary N) is 2. The zero-order valence-corrected chi connectivity index (χ0v) is 12.6. The van der Waals surface area contributed by atoms with E-state index >= 15 is 0 Å². The summed E-state index contributed by atoms with van der Waals surface area (Å²) in [7, 11) is 0. The first-order valence-corrected chi connectivity index (χ1v) is 7.51. The van der Waals surface area contributed by atoms with Crippen LogP contribution in [-0.4, -0.2) is 53.7 Å². The van der Waals surface area contributed by atoms with Gasteiger partial charge in [-0.15, -0.1) is 0 Å². The maximum absolute atomic E-state index is 11.8. The summed E-state index contributed by atoms with van der Waals surface area (Å²) < 4.78 is 0. The number of amides is 2. The molecule has 1 aliphatic carbocycles. The Morgan fingerprint density at radius 2 is 1.95 bits per heavy atom. The molecule has 20 heavy (non-hydrogen) atoms. The Kier molecular flexibility index (Phi) is 6.78. The third-order valence-corrected chi connectivity index (χ3v) is 3.88. The number of nitrogens with zero attached hydrogens (tertiary/aromatic N) is 1. The van der Waals surface area contributed by atoms with Crippen molar-refractivity contribution in [2.45, 2.75) is 51.5 Å². The number of rotatable bonds is 9. The van der Waals surface area contributed by atoms with E-state index in [0.29, 0.717) is 6.54 Å². The highest BCUT2D eigenvalue weighted by atomic mass is 16.4. The summed E-state index contributed by atoms with van der Waals surface area (Å²) in [5, 5.41) is 14.5. The summed E-state index contributed by atoms with van der Waals surface area (Å²) in [5.41, 5.74) is -0.524. The predicted octanol–water partition coefficient (Wildman–Crippen LogP) is 1.41. The minimum atomic E-state index is -0.856. The monoisotopic (exact) mass is 285 g/mol. The van der Waals surface area contributed by atoms with E-state index < -0.39 is 11.5 Å². The molecule has 0 radical (unpaired) electrons. The van der Waals surface area contributed by atoms with E-state index in [1.807, 2.05) is 0 Å². The van der Waals surface area contributed by atoms with Gasteiger partial charge in [-0.05, 0) is 38.8 Å². The first-order valence-electron chi connectivity index (χ1n) is 7.51. The van der Waals surface area contributed by atoms with Gasteiger partial charge in [0.2, 0.25) is 0 Å². The SMILES string of the molecule is CCCN(CC)CCNC(=O)NC1(CC(=O)O)CCC1. The van der Waals surface area contributed by atoms with Crippen LogP contribution in [0.1, 0.15) is 46.0 Å². The molecule has 0 heterocycles. The number of carboxylic acid groups (broad SMARTS) is 1. The Balaban J connectivity index is 2.27. The highest BCUT2D eigenvalue weighted by molar-refractivity contribution is 5.77. The minimum Gasteiger partial charge on any atom is -0.481 e. The third kappa shape index (κ3) is 5.36. The van der Waals surface area contributed by atoms with Gasteiger partial charge in [0, 0.05) is 13.1 Å². The zero-order chi connectivity index (χ0) is 15.0. The largest absolute Gasteiger partial charge is 0.481 e. The second-order valence-corrected chi connectivity index (χ2v) is 5.52. The standard InChI is InChI=1S/C14H27N3O3/c1-3-9-17(4-2)10-8-15-13(20)16-14(6-5-7-14)11-12(18)19/h3-11H2,1-2H3,(H,18,19)(H2,15,16,20). The molecule has 0 aromatic rings. The van der Waals surface area contributed by atoms with Crippen molar-refractivity contribution >= 4 is 12.0 Å². The van der Waals surface area contributed by atoms with Crippen LogP contribution in [0.2, 0.25) is 0 Å². The average Bonchev–Trinajstić information content (AvgIpc) is 2.34. The van der Waals surface area contributed by atoms with E-state index in [1.165, 1.54) is 0 Å². The lowest BCUT2D eigenvalue weighted by Gasteiger charge is -2.41. The van der Waals surface area contributed by atoms with Crippen molar-refractivity contribution in [3.05, 3.63) is 0 Å². The number of hydrogen-bond donors (Lipinski definition) is 3. The molecule has 0 saturated heterocycles. The Morgan fingerprint density at radius 3 is 2.40 bits per heavy atom. The summed E-state index contributed by atoms with van der Waals surface area (Å²) in [4.78, 5) is 24.9. The van der Waals surface area contributed by atoms with E-state index in [0.717, 1.165) is 45.3 Å². The molecule has 0 atom stereocenters. The van der Waals surface area contributed by atoms with Crippen LogP contribution in [0, 0.1) is 0 Å². The molecule has 0 aliphatic heterocycles. The highest BCUT2D eigenvalue weighted by Gasteiger charge is 2.40. The number of aliphatic carboxylic acids is 1. The number of carbonyl (C=O) groups excluding carboxylic acids is 1. The van der Waals surface area contributed by atoms with Crippen LogP contribution in [0.5, 0.6) is 0 Å². The maximum Gasteiger partial charge on any atom is 0.315 e. The van der Waals surface area contributed by atoms with Crippen LogP contribution in [0.3, 0.4) is 0 Å². The van der Waals surface area contributed by atoms with Gasteiger partial charge < -0.3 is 20.6 Å². The van der Waals surface area contributed by atoms with Crippen molar-refractivity contribution in [3.63, 3.8) is 0 Å². The van der Waals surface area contributed by atoms with E-state index in [1.54, 1.807) is 0 Å². The van der Waals surface area contributed by atoms with E-state index in [2.05, 4.69) is 29.4 Å². The first-order chi connectivity index (χ1) is 9.51. The molecule has 0 aromatic heterocycles. The molecule has 2 amide bonds. The van der Waals surface area contributed by atoms with Gasteiger partial charge >= 0.3 is 12.0 Å². The molecule has 1 rings (SSSR count). The van der Waals surface area contributed by atoms with Crippen LogP contribution in [0.15, 0.2) is 0 Å². The molecule has 3 N–H and O–H groups in total. The normalized spacial score (nSPS) is 16.6. The van der Waals surface area contributed by atoms with Crippen LogP contribution in [0.4, 0.5) is 4.79 Å². The molecule has 6 nitrogen and oxygen atoms in total. The molecule has 0 bridgehead atoms. The maximum atomic E-state index is 11.8. The van der Waals surface area contributed by atoms with Gasteiger partial charge in [0.1, 0.15) is 0 Å². The number of hydrogen-bond acceptors (Lipinski definition) is 3. The molecular weight excluding hydrogens is 258 g/mol. The molecule has 6 heteroatoms. The second kappa shape index (κ2) is 8.09. The lowest BCUT2D eigenvalue weighted by Crippen LogP contribution is -2.57. The van der Waals surface area contributed by atoms with Gasteiger partial charge in [-0.2, -0.15) is 0 Å². The predicted molar refractivity (Wildman–Crippen MR) is 77.8 cm³/mol. The molecule has 0 unspecified atom stereocenters. The van der Waals surface area contributed by atoms with Crippen molar-refractivity contribution in [1.82, 2.24) is 15.5 Å². The van der Waals surface area contributed by atoms with Crippen LogP contribution in [0.25, 0.3) is 0 Å². The molecule has 1 fully saturated rings. The molecule has 1 saturated carbocycles. The Labute approximate surface area is 120 Å².